The van der Waals surface area contributed by atoms with Gasteiger partial charge in [-0.15, -0.1) is 11.8 Å². The summed E-state index contributed by atoms with van der Waals surface area (Å²) in [5.41, 5.74) is 0.905. The minimum Gasteiger partial charge on any atom is -0.497 e. The summed E-state index contributed by atoms with van der Waals surface area (Å²) in [7, 11) is 5.84. The van der Waals surface area contributed by atoms with Crippen molar-refractivity contribution in [2.24, 2.45) is 4.99 Å². The highest BCUT2D eigenvalue weighted by Crippen LogP contribution is 2.43. The van der Waals surface area contributed by atoms with Gasteiger partial charge in [0.25, 0.3) is 0 Å². The minimum atomic E-state index is 0.163. The van der Waals surface area contributed by atoms with Crippen LogP contribution >= 0.6 is 11.8 Å². The Morgan fingerprint density at radius 3 is 3.00 bits per heavy atom. The Morgan fingerprint density at radius 1 is 1.48 bits per heavy atom. The van der Waals surface area contributed by atoms with Crippen LogP contribution < -0.4 is 9.64 Å². The lowest BCUT2D eigenvalue weighted by Gasteiger charge is -2.23. The summed E-state index contributed by atoms with van der Waals surface area (Å²) in [6.07, 6.45) is 0.553. The van der Waals surface area contributed by atoms with Gasteiger partial charge in [0, 0.05) is 17.4 Å². The second kappa shape index (κ2) is 5.69. The van der Waals surface area contributed by atoms with Crippen LogP contribution in [0.5, 0.6) is 5.75 Å². The molecular weight excluding hydrogens is 286 g/mol. The Hall–Kier alpha value is -1.53. The average Bonchev–Trinajstić information content (AvgIpc) is 2.76. The second-order valence-electron chi connectivity index (χ2n) is 5.62. The lowest BCUT2D eigenvalue weighted by atomic mass is 10.3. The largest absolute Gasteiger partial charge is 0.497 e. The molecule has 5 nitrogen and oxygen atoms in total. The van der Waals surface area contributed by atoms with Gasteiger partial charge in [0.2, 0.25) is 5.91 Å². The molecule has 1 aromatic carbocycles. The lowest BCUT2D eigenvalue weighted by molar-refractivity contribution is -0.857. The third-order valence-electron chi connectivity index (χ3n) is 3.73. The zero-order valence-corrected chi connectivity index (χ0v) is 13.4. The summed E-state index contributed by atoms with van der Waals surface area (Å²) in [5, 5.41) is 0.163. The molecule has 112 valence electrons. The van der Waals surface area contributed by atoms with Crippen LogP contribution in [0.4, 0.5) is 5.69 Å². The molecule has 2 aliphatic rings. The monoisotopic (exact) mass is 306 g/mol. The average molecular weight is 306 g/mol. The molecule has 0 bridgehead atoms. The quantitative estimate of drug-likeness (QED) is 0.885. The molecule has 0 spiro atoms. The predicted molar refractivity (Wildman–Crippen MR) is 83.7 cm³/mol. The Bertz CT molecular complexity index is 601. The van der Waals surface area contributed by atoms with Gasteiger partial charge in [0.05, 0.1) is 45.2 Å². The van der Waals surface area contributed by atoms with E-state index in [0.29, 0.717) is 6.42 Å². The Morgan fingerprint density at radius 2 is 2.29 bits per heavy atom. The molecule has 0 aromatic heterocycles. The molecule has 1 saturated heterocycles. The zero-order valence-electron chi connectivity index (χ0n) is 12.5. The number of nitrogens with one attached hydrogen (secondary N) is 1. The third kappa shape index (κ3) is 2.78. The van der Waals surface area contributed by atoms with Gasteiger partial charge >= 0.3 is 0 Å². The van der Waals surface area contributed by atoms with E-state index in [9.17, 15) is 4.79 Å². The number of amidine groups is 1. The van der Waals surface area contributed by atoms with Crippen LogP contribution in [-0.4, -0.2) is 56.2 Å². The maximum absolute atomic E-state index is 12.2. The number of aliphatic imine (C=N–C) groups is 1. The number of likely N-dealkylation sites (tertiary alicyclic amines) is 1. The molecule has 2 heterocycles. The molecule has 0 unspecified atom stereocenters. The van der Waals surface area contributed by atoms with Gasteiger partial charge in [-0.2, -0.15) is 0 Å². The van der Waals surface area contributed by atoms with Crippen molar-refractivity contribution in [2.45, 2.75) is 16.6 Å². The first-order valence-corrected chi connectivity index (χ1v) is 7.99. The first-order chi connectivity index (χ1) is 10.1. The van der Waals surface area contributed by atoms with E-state index in [1.807, 2.05) is 23.1 Å². The number of methoxy groups -OCH3 is 1. The van der Waals surface area contributed by atoms with Gasteiger partial charge in [-0.1, -0.05) is 0 Å². The van der Waals surface area contributed by atoms with Crippen molar-refractivity contribution in [3.63, 3.8) is 0 Å². The van der Waals surface area contributed by atoms with Gasteiger partial charge in [-0.05, 0) is 12.1 Å². The van der Waals surface area contributed by atoms with Crippen LogP contribution in [0.1, 0.15) is 6.42 Å². The van der Waals surface area contributed by atoms with Crippen LogP contribution in [0.2, 0.25) is 0 Å². The van der Waals surface area contributed by atoms with Crippen molar-refractivity contribution in [3.05, 3.63) is 18.2 Å². The van der Waals surface area contributed by atoms with Crippen molar-refractivity contribution >= 4 is 29.2 Å². The molecule has 1 fully saturated rings. The van der Waals surface area contributed by atoms with E-state index in [-0.39, 0.29) is 11.2 Å². The Kier molecular flexibility index (Phi) is 3.91. The molecule has 6 heteroatoms. The van der Waals surface area contributed by atoms with Crippen LogP contribution in [0.25, 0.3) is 0 Å². The number of hydrogen-bond acceptors (Lipinski definition) is 4. The minimum absolute atomic E-state index is 0.163. The van der Waals surface area contributed by atoms with Crippen molar-refractivity contribution in [3.8, 4) is 5.75 Å². The van der Waals surface area contributed by atoms with Crippen LogP contribution in [0, 0.1) is 0 Å². The maximum Gasteiger partial charge on any atom is 0.229 e. The van der Waals surface area contributed by atoms with Crippen molar-refractivity contribution in [1.82, 2.24) is 4.90 Å². The van der Waals surface area contributed by atoms with Gasteiger partial charge < -0.3 is 9.64 Å². The van der Waals surface area contributed by atoms with Crippen molar-refractivity contribution in [2.75, 3.05) is 34.3 Å². The summed E-state index contributed by atoms with van der Waals surface area (Å²) >= 11 is 1.73. The van der Waals surface area contributed by atoms with E-state index < -0.39 is 0 Å². The van der Waals surface area contributed by atoms with Crippen molar-refractivity contribution < 1.29 is 14.4 Å². The first kappa shape index (κ1) is 14.4. The third-order valence-corrected chi connectivity index (χ3v) is 4.99. The number of likely N-dealkylation sites (N-methyl/N-ethyl adjacent to an activating group) is 1. The fraction of sp³-hybridized carbons (Fsp3) is 0.467. The molecule has 0 radical (unpaired) electrons. The van der Waals surface area contributed by atoms with Crippen LogP contribution in [-0.2, 0) is 4.79 Å². The molecule has 3 rings (SSSR count). The van der Waals surface area contributed by atoms with Gasteiger partial charge in [-0.25, -0.2) is 4.99 Å². The van der Waals surface area contributed by atoms with E-state index in [0.717, 1.165) is 35.3 Å². The molecule has 21 heavy (non-hydrogen) atoms. The lowest BCUT2D eigenvalue weighted by Crippen LogP contribution is -3.06. The number of amides is 1. The van der Waals surface area contributed by atoms with E-state index in [1.165, 1.54) is 4.90 Å². The van der Waals surface area contributed by atoms with Crippen LogP contribution in [0.15, 0.2) is 28.1 Å². The van der Waals surface area contributed by atoms with Gasteiger partial charge in [0.1, 0.15) is 11.6 Å². The standard InChI is InChI=1S/C15H19N3O2S/c1-17(2)6-7-18-14(19)9-13-15(18)16-11-8-10(20-3)4-5-12(11)21-13/h4-5,8,13H,6-7,9H2,1-3H3/p+1/t13-/m0/s1. The number of benzene rings is 1. The first-order valence-electron chi connectivity index (χ1n) is 7.11. The molecule has 1 aromatic rings. The molecular formula is C15H20N3O2S+. The highest BCUT2D eigenvalue weighted by Gasteiger charge is 2.39. The number of hydrogen-bond donors (Lipinski definition) is 1. The van der Waals surface area contributed by atoms with E-state index in [4.69, 9.17) is 9.73 Å². The number of fused-ring (bicyclic) bond motifs is 2. The number of carbonyl (C=O) groups is 1. The fourth-order valence-corrected chi connectivity index (χ4v) is 3.74. The van der Waals surface area contributed by atoms with Gasteiger partial charge in [0.15, 0.2) is 0 Å². The summed E-state index contributed by atoms with van der Waals surface area (Å²) in [6, 6.07) is 5.90. The molecule has 2 aliphatic heterocycles. The number of nitrogens with zero attached hydrogens (tertiary/aromatic N) is 2. The highest BCUT2D eigenvalue weighted by atomic mass is 32.2. The predicted octanol–water partition coefficient (Wildman–Crippen LogP) is 0.576. The molecule has 0 saturated carbocycles. The topological polar surface area (TPSA) is 46.3 Å². The van der Waals surface area contributed by atoms with E-state index in [1.54, 1.807) is 18.9 Å². The fourth-order valence-electron chi connectivity index (χ4n) is 2.55. The summed E-state index contributed by atoms with van der Waals surface area (Å²) in [5.74, 6) is 1.89. The number of rotatable bonds is 4. The Balaban J connectivity index is 1.90. The highest BCUT2D eigenvalue weighted by molar-refractivity contribution is 8.01. The molecule has 1 amide bonds. The molecule has 0 aliphatic carbocycles. The number of quaternary nitrogens is 1. The summed E-state index contributed by atoms with van der Waals surface area (Å²) in [4.78, 5) is 21.3. The smallest absolute Gasteiger partial charge is 0.229 e. The number of ether oxygens (including phenoxy) is 1. The van der Waals surface area contributed by atoms with Gasteiger partial charge in [-0.3, -0.25) is 9.69 Å². The SMILES string of the molecule is COc1ccc2c(c1)N=C1[C@H](CC(=O)N1CC[NH+](C)C)S2. The Labute approximate surface area is 129 Å². The van der Waals surface area contributed by atoms with Crippen molar-refractivity contribution in [1.29, 1.82) is 0 Å². The van der Waals surface area contributed by atoms with E-state index >= 15 is 0 Å². The summed E-state index contributed by atoms with van der Waals surface area (Å²) in [6.45, 7) is 1.66. The normalized spacial score (nSPS) is 20.4. The van der Waals surface area contributed by atoms with Crippen LogP contribution in [0.3, 0.4) is 0 Å². The zero-order chi connectivity index (χ0) is 15.0. The number of thioether (sulfide) groups is 1. The molecule has 1 atom stereocenters. The maximum atomic E-state index is 12.2. The second-order valence-corrected chi connectivity index (χ2v) is 6.86. The number of carbonyl (C=O) groups excluding carboxylic acids is 1. The molecule has 1 N–H and O–H groups in total. The van der Waals surface area contributed by atoms with E-state index in [2.05, 4.69) is 14.1 Å². The summed E-state index contributed by atoms with van der Waals surface area (Å²) < 4.78 is 5.26.